The van der Waals surface area contributed by atoms with E-state index < -0.39 is 0 Å². The molecular weight excluding hydrogens is 144 g/mol. The second-order valence-electron chi connectivity index (χ2n) is 1.83. The van der Waals surface area contributed by atoms with E-state index in [1.807, 2.05) is 13.8 Å². The van der Waals surface area contributed by atoms with Crippen molar-refractivity contribution in [2.75, 3.05) is 7.11 Å². The highest BCUT2D eigenvalue weighted by Crippen LogP contribution is 1.99. The topological polar surface area (TPSA) is 43.4 Å². The Kier molecular flexibility index (Phi) is 10.6. The van der Waals surface area contributed by atoms with Crippen LogP contribution in [-0.2, 0) is 14.3 Å². The third-order valence-electron chi connectivity index (χ3n) is 1.05. The largest absolute Gasteiger partial charge is 0.469 e. The molecule has 0 aromatic carbocycles. The zero-order valence-corrected chi connectivity index (χ0v) is 7.59. The summed E-state index contributed by atoms with van der Waals surface area (Å²) >= 11 is 0. The molecule has 1 unspecified atom stereocenters. The van der Waals surface area contributed by atoms with Gasteiger partial charge in [-0.1, -0.05) is 20.8 Å². The van der Waals surface area contributed by atoms with E-state index in [0.717, 1.165) is 0 Å². The van der Waals surface area contributed by atoms with Gasteiger partial charge < -0.3 is 9.53 Å². The van der Waals surface area contributed by atoms with Crippen molar-refractivity contribution in [3.8, 4) is 0 Å². The van der Waals surface area contributed by atoms with Crippen molar-refractivity contribution in [1.29, 1.82) is 0 Å². The molecule has 0 aliphatic carbocycles. The van der Waals surface area contributed by atoms with Crippen molar-refractivity contribution in [2.24, 2.45) is 5.92 Å². The second kappa shape index (κ2) is 9.14. The molecule has 0 saturated heterocycles. The second-order valence-corrected chi connectivity index (χ2v) is 1.83. The Balaban J connectivity index is 0. The molecule has 1 atom stereocenters. The first-order valence-electron chi connectivity index (χ1n) is 3.73. The number of carbonyl (C=O) groups is 2. The Labute approximate surface area is 67.7 Å². The number of aldehydes is 1. The lowest BCUT2D eigenvalue weighted by Crippen LogP contribution is -2.12. The molecule has 0 radical (unpaired) electrons. The first kappa shape index (κ1) is 12.8. The molecule has 0 aliphatic rings. The van der Waals surface area contributed by atoms with Crippen LogP contribution in [0.15, 0.2) is 0 Å². The molecule has 3 heteroatoms. The summed E-state index contributed by atoms with van der Waals surface area (Å²) in [6.07, 6.45) is 0.953. The van der Waals surface area contributed by atoms with Crippen molar-refractivity contribution >= 4 is 12.3 Å². The van der Waals surface area contributed by atoms with Crippen LogP contribution in [0.3, 0.4) is 0 Å². The maximum absolute atomic E-state index is 10.5. The van der Waals surface area contributed by atoms with E-state index in [-0.39, 0.29) is 18.3 Å². The van der Waals surface area contributed by atoms with Crippen molar-refractivity contribution in [3.63, 3.8) is 0 Å². The van der Waals surface area contributed by atoms with Crippen LogP contribution in [0.25, 0.3) is 0 Å². The normalized spacial score (nSPS) is 10.5. The van der Waals surface area contributed by atoms with Gasteiger partial charge in [0.1, 0.15) is 6.29 Å². The summed E-state index contributed by atoms with van der Waals surface area (Å²) in [5.41, 5.74) is 0. The van der Waals surface area contributed by atoms with Crippen LogP contribution in [0.5, 0.6) is 0 Å². The number of ether oxygens (including phenoxy) is 1. The number of hydrogen-bond donors (Lipinski definition) is 0. The maximum Gasteiger partial charge on any atom is 0.308 e. The Hall–Kier alpha value is -0.860. The average Bonchev–Trinajstić information content (AvgIpc) is 2.07. The lowest BCUT2D eigenvalue weighted by Gasteiger charge is -2.02. The van der Waals surface area contributed by atoms with Gasteiger partial charge in [0.2, 0.25) is 0 Å². The summed E-state index contributed by atoms with van der Waals surface area (Å²) in [5, 5.41) is 0. The minimum atomic E-state index is -0.331. The van der Waals surface area contributed by atoms with Gasteiger partial charge in [-0.25, -0.2) is 0 Å². The first-order valence-corrected chi connectivity index (χ1v) is 3.73. The van der Waals surface area contributed by atoms with Crippen LogP contribution in [0.2, 0.25) is 0 Å². The Morgan fingerprint density at radius 3 is 2.27 bits per heavy atom. The van der Waals surface area contributed by atoms with Crippen molar-refractivity contribution in [1.82, 2.24) is 0 Å². The van der Waals surface area contributed by atoms with Crippen LogP contribution in [0.4, 0.5) is 0 Å². The van der Waals surface area contributed by atoms with Crippen molar-refractivity contribution in [2.45, 2.75) is 27.2 Å². The Morgan fingerprint density at radius 2 is 2.00 bits per heavy atom. The third kappa shape index (κ3) is 7.03. The van der Waals surface area contributed by atoms with Crippen LogP contribution >= 0.6 is 0 Å². The molecular formula is C8H16O3. The number of methoxy groups -OCH3 is 1. The van der Waals surface area contributed by atoms with E-state index in [0.29, 0.717) is 6.29 Å². The zero-order valence-electron chi connectivity index (χ0n) is 7.59. The van der Waals surface area contributed by atoms with Crippen LogP contribution in [-0.4, -0.2) is 19.4 Å². The fourth-order valence-electron chi connectivity index (χ4n) is 0.442. The number of carbonyl (C=O) groups excluding carboxylic acids is 2. The zero-order chi connectivity index (χ0) is 9.28. The molecule has 0 aromatic heterocycles. The van der Waals surface area contributed by atoms with Gasteiger partial charge in [0.05, 0.1) is 13.0 Å². The van der Waals surface area contributed by atoms with E-state index in [1.165, 1.54) is 7.11 Å². The lowest BCUT2D eigenvalue weighted by molar-refractivity contribution is -0.145. The molecule has 0 heterocycles. The molecule has 3 nitrogen and oxygen atoms in total. The van der Waals surface area contributed by atoms with Gasteiger partial charge in [0.15, 0.2) is 0 Å². The fraction of sp³-hybridized carbons (Fsp3) is 0.750. The van der Waals surface area contributed by atoms with Gasteiger partial charge in [-0.15, -0.1) is 0 Å². The smallest absolute Gasteiger partial charge is 0.308 e. The summed E-state index contributed by atoms with van der Waals surface area (Å²) in [7, 11) is 1.31. The predicted octanol–water partition coefficient (Wildman–Crippen LogP) is 1.41. The predicted molar refractivity (Wildman–Crippen MR) is 43.2 cm³/mol. The first-order chi connectivity index (χ1) is 5.22. The van der Waals surface area contributed by atoms with E-state index in [1.54, 1.807) is 6.92 Å². The van der Waals surface area contributed by atoms with Crippen LogP contribution in [0.1, 0.15) is 27.2 Å². The van der Waals surface area contributed by atoms with Gasteiger partial charge in [-0.2, -0.15) is 0 Å². The van der Waals surface area contributed by atoms with Gasteiger partial charge in [0.25, 0.3) is 0 Å². The molecule has 0 amide bonds. The van der Waals surface area contributed by atoms with Crippen LogP contribution < -0.4 is 0 Å². The highest BCUT2D eigenvalue weighted by Gasteiger charge is 2.10. The fourth-order valence-corrected chi connectivity index (χ4v) is 0.442. The summed E-state index contributed by atoms with van der Waals surface area (Å²) in [5.74, 6) is -0.630. The molecule has 0 rings (SSSR count). The van der Waals surface area contributed by atoms with E-state index in [9.17, 15) is 9.59 Å². The molecule has 0 N–H and O–H groups in total. The molecule has 0 bridgehead atoms. The molecule has 0 saturated carbocycles. The quantitative estimate of drug-likeness (QED) is 0.463. The molecule has 0 fully saturated rings. The number of hydrogen-bond acceptors (Lipinski definition) is 3. The number of esters is 1. The van der Waals surface area contributed by atoms with Crippen molar-refractivity contribution in [3.05, 3.63) is 0 Å². The summed E-state index contributed by atoms with van der Waals surface area (Å²) in [6.45, 7) is 5.65. The van der Waals surface area contributed by atoms with Gasteiger partial charge >= 0.3 is 5.97 Å². The molecule has 0 spiro atoms. The maximum atomic E-state index is 10.5. The molecule has 11 heavy (non-hydrogen) atoms. The highest BCUT2D eigenvalue weighted by atomic mass is 16.5. The lowest BCUT2D eigenvalue weighted by atomic mass is 10.1. The Bertz CT molecular complexity index is 110. The van der Waals surface area contributed by atoms with Crippen LogP contribution in [0, 0.1) is 5.92 Å². The van der Waals surface area contributed by atoms with E-state index in [4.69, 9.17) is 0 Å². The summed E-state index contributed by atoms with van der Waals surface area (Å²) in [4.78, 5) is 20.3. The minimum absolute atomic E-state index is 0.243. The molecule has 66 valence electrons. The van der Waals surface area contributed by atoms with E-state index >= 15 is 0 Å². The van der Waals surface area contributed by atoms with Gasteiger partial charge in [-0.05, 0) is 0 Å². The minimum Gasteiger partial charge on any atom is -0.469 e. The number of rotatable bonds is 3. The average molecular weight is 160 g/mol. The van der Waals surface area contributed by atoms with E-state index in [2.05, 4.69) is 4.74 Å². The van der Waals surface area contributed by atoms with Crippen molar-refractivity contribution < 1.29 is 14.3 Å². The SMILES string of the molecule is CC.COC(=O)C(C)CC=O. The van der Waals surface area contributed by atoms with Gasteiger partial charge in [0, 0.05) is 6.42 Å². The monoisotopic (exact) mass is 160 g/mol. The standard InChI is InChI=1S/C6H10O3.C2H6/c1-5(3-4-7)6(8)9-2;1-2/h4-5H,3H2,1-2H3;1-2H3. The van der Waals surface area contributed by atoms with Gasteiger partial charge in [-0.3, -0.25) is 4.79 Å². The Morgan fingerprint density at radius 1 is 1.55 bits per heavy atom. The summed E-state index contributed by atoms with van der Waals surface area (Å²) < 4.78 is 4.37. The summed E-state index contributed by atoms with van der Waals surface area (Å²) in [6, 6.07) is 0. The molecule has 0 aliphatic heterocycles. The molecule has 0 aromatic rings. The third-order valence-corrected chi connectivity index (χ3v) is 1.05. The highest BCUT2D eigenvalue weighted by molar-refractivity contribution is 5.74.